The molecule has 1 amide bonds. The molecule has 2 aromatic rings. The van der Waals surface area contributed by atoms with Gasteiger partial charge in [-0.25, -0.2) is 4.68 Å². The topological polar surface area (TPSA) is 56.2 Å². The maximum atomic E-state index is 12.1. The molecule has 0 radical (unpaired) electrons. The quantitative estimate of drug-likeness (QED) is 0.713. The average molecular weight is 429 g/mol. The molecule has 0 atom stereocenters. The predicted octanol–water partition coefficient (Wildman–Crippen LogP) is 4.51. The minimum absolute atomic E-state index is 0.147. The molecule has 1 aliphatic rings. The van der Waals surface area contributed by atoms with Crippen LogP contribution in [0.25, 0.3) is 6.08 Å². The molecule has 1 aromatic carbocycles. The Morgan fingerprint density at radius 3 is 2.78 bits per heavy atom. The van der Waals surface area contributed by atoms with Crippen LogP contribution in [0.3, 0.4) is 0 Å². The van der Waals surface area contributed by atoms with Crippen LogP contribution in [0, 0.1) is 6.92 Å². The fraction of sp³-hybridized carbons (Fsp3) is 0.368. The third kappa shape index (κ3) is 5.26. The zero-order valence-electron chi connectivity index (χ0n) is 14.8. The summed E-state index contributed by atoms with van der Waals surface area (Å²) in [6.07, 6.45) is 4.85. The van der Waals surface area contributed by atoms with Crippen LogP contribution in [0.1, 0.15) is 29.7 Å². The van der Waals surface area contributed by atoms with Crippen molar-refractivity contribution in [3.63, 3.8) is 0 Å². The summed E-state index contributed by atoms with van der Waals surface area (Å²) in [4.78, 5) is 12.1. The molecule has 27 heavy (non-hydrogen) atoms. The van der Waals surface area contributed by atoms with Crippen molar-refractivity contribution in [2.75, 3.05) is 13.2 Å². The van der Waals surface area contributed by atoms with Gasteiger partial charge in [-0.3, -0.25) is 4.79 Å². The predicted molar refractivity (Wildman–Crippen MR) is 109 cm³/mol. The summed E-state index contributed by atoms with van der Waals surface area (Å²) in [5.41, 5.74) is 2.31. The van der Waals surface area contributed by atoms with Crippen molar-refractivity contribution in [1.82, 2.24) is 15.1 Å². The first-order chi connectivity index (χ1) is 12.9. The molecule has 8 heteroatoms. The highest BCUT2D eigenvalue weighted by Crippen LogP contribution is 2.26. The van der Waals surface area contributed by atoms with Crippen LogP contribution in [0.5, 0.6) is 0 Å². The lowest BCUT2D eigenvalue weighted by Gasteiger charge is -2.22. The van der Waals surface area contributed by atoms with Crippen LogP contribution in [0.2, 0.25) is 15.2 Å². The average Bonchev–Trinajstić information content (AvgIpc) is 2.90. The smallest absolute Gasteiger partial charge is 0.244 e. The Kier molecular flexibility index (Phi) is 6.82. The van der Waals surface area contributed by atoms with Gasteiger partial charge in [-0.1, -0.05) is 40.9 Å². The van der Waals surface area contributed by atoms with E-state index < -0.39 is 0 Å². The van der Waals surface area contributed by atoms with E-state index in [9.17, 15) is 4.79 Å². The molecule has 0 bridgehead atoms. The maximum absolute atomic E-state index is 12.1. The number of nitrogens with one attached hydrogen (secondary N) is 1. The highest BCUT2D eigenvalue weighted by atomic mass is 35.5. The largest absolute Gasteiger partial charge is 0.381 e. The lowest BCUT2D eigenvalue weighted by molar-refractivity contribution is -0.117. The molecule has 1 saturated heterocycles. The number of rotatable bonds is 5. The summed E-state index contributed by atoms with van der Waals surface area (Å²) < 4.78 is 6.95. The van der Waals surface area contributed by atoms with E-state index in [1.165, 1.54) is 6.08 Å². The Morgan fingerprint density at radius 2 is 2.07 bits per heavy atom. The molecule has 2 heterocycles. The van der Waals surface area contributed by atoms with Crippen LogP contribution in [-0.2, 0) is 16.1 Å². The Morgan fingerprint density at radius 1 is 1.33 bits per heavy atom. The fourth-order valence-corrected chi connectivity index (χ4v) is 3.69. The lowest BCUT2D eigenvalue weighted by atomic mass is 10.1. The summed E-state index contributed by atoms with van der Waals surface area (Å²) in [6, 6.07) is 5.45. The number of hydrogen-bond acceptors (Lipinski definition) is 3. The van der Waals surface area contributed by atoms with E-state index in [1.807, 2.05) is 13.0 Å². The van der Waals surface area contributed by atoms with Gasteiger partial charge in [0.15, 0.2) is 0 Å². The standard InChI is InChI=1S/C19H20Cl3N3O2/c1-12-16(4-5-18(26)23-15-6-8-27-9-7-15)19(22)25(24-12)11-13-2-3-14(20)10-17(13)21/h2-5,10,15H,6-9,11H2,1H3,(H,23,26). The summed E-state index contributed by atoms with van der Waals surface area (Å²) in [7, 11) is 0. The third-order valence-electron chi connectivity index (χ3n) is 4.41. The molecule has 1 fully saturated rings. The van der Waals surface area contributed by atoms with E-state index in [4.69, 9.17) is 39.5 Å². The molecule has 0 aliphatic carbocycles. The van der Waals surface area contributed by atoms with E-state index in [-0.39, 0.29) is 11.9 Å². The van der Waals surface area contributed by atoms with Gasteiger partial charge in [0.1, 0.15) is 5.15 Å². The van der Waals surface area contributed by atoms with Crippen molar-refractivity contribution < 1.29 is 9.53 Å². The fourth-order valence-electron chi connectivity index (χ4n) is 2.92. The Labute approximate surface area is 173 Å². The summed E-state index contributed by atoms with van der Waals surface area (Å²) >= 11 is 18.6. The first-order valence-electron chi connectivity index (χ1n) is 8.67. The summed E-state index contributed by atoms with van der Waals surface area (Å²) in [5.74, 6) is -0.147. The number of nitrogens with zero attached hydrogens (tertiary/aromatic N) is 2. The Bertz CT molecular complexity index is 858. The number of carbonyl (C=O) groups is 1. The van der Waals surface area contributed by atoms with Crippen molar-refractivity contribution >= 4 is 46.8 Å². The molecule has 0 saturated carbocycles. The lowest BCUT2D eigenvalue weighted by Crippen LogP contribution is -2.37. The van der Waals surface area contributed by atoms with Gasteiger partial charge in [0.2, 0.25) is 5.91 Å². The number of amides is 1. The molecule has 3 rings (SSSR count). The van der Waals surface area contributed by atoms with Gasteiger partial charge >= 0.3 is 0 Å². The van der Waals surface area contributed by atoms with E-state index in [0.717, 1.165) is 24.1 Å². The molecule has 1 aliphatic heterocycles. The molecular weight excluding hydrogens is 409 g/mol. The Hall–Kier alpha value is -1.53. The van der Waals surface area contributed by atoms with Crippen molar-refractivity contribution in [3.05, 3.63) is 56.3 Å². The first kappa shape index (κ1) is 20.2. The highest BCUT2D eigenvalue weighted by molar-refractivity contribution is 6.35. The number of carbonyl (C=O) groups excluding carboxylic acids is 1. The number of aromatic nitrogens is 2. The molecule has 5 nitrogen and oxygen atoms in total. The van der Waals surface area contributed by atoms with Crippen molar-refractivity contribution in [2.45, 2.75) is 32.4 Å². The van der Waals surface area contributed by atoms with Gasteiger partial charge in [-0.05, 0) is 43.5 Å². The normalized spacial score (nSPS) is 15.4. The van der Waals surface area contributed by atoms with E-state index >= 15 is 0 Å². The minimum atomic E-state index is -0.147. The SMILES string of the molecule is Cc1nn(Cc2ccc(Cl)cc2Cl)c(Cl)c1C=CC(=O)NC1CCOCC1. The zero-order valence-corrected chi connectivity index (χ0v) is 17.1. The van der Waals surface area contributed by atoms with Crippen molar-refractivity contribution in [3.8, 4) is 0 Å². The van der Waals surface area contributed by atoms with Gasteiger partial charge in [-0.2, -0.15) is 5.10 Å². The number of halogens is 3. The van der Waals surface area contributed by atoms with Gasteiger partial charge in [0, 0.05) is 40.9 Å². The molecule has 1 N–H and O–H groups in total. The number of aryl methyl sites for hydroxylation is 1. The van der Waals surface area contributed by atoms with Crippen LogP contribution < -0.4 is 5.32 Å². The number of hydrogen-bond donors (Lipinski definition) is 1. The van der Waals surface area contributed by atoms with E-state index in [0.29, 0.717) is 40.5 Å². The van der Waals surface area contributed by atoms with Gasteiger partial charge < -0.3 is 10.1 Å². The monoisotopic (exact) mass is 427 g/mol. The number of ether oxygens (including phenoxy) is 1. The van der Waals surface area contributed by atoms with Crippen LogP contribution in [0.15, 0.2) is 24.3 Å². The second-order valence-electron chi connectivity index (χ2n) is 6.41. The van der Waals surface area contributed by atoms with Crippen LogP contribution in [-0.4, -0.2) is 34.9 Å². The zero-order chi connectivity index (χ0) is 19.4. The summed E-state index contributed by atoms with van der Waals surface area (Å²) in [6.45, 7) is 3.62. The summed E-state index contributed by atoms with van der Waals surface area (Å²) in [5, 5.41) is 9.02. The molecule has 1 aromatic heterocycles. The van der Waals surface area contributed by atoms with Crippen LogP contribution >= 0.6 is 34.8 Å². The second-order valence-corrected chi connectivity index (χ2v) is 7.61. The van der Waals surface area contributed by atoms with Crippen molar-refractivity contribution in [1.29, 1.82) is 0 Å². The first-order valence-corrected chi connectivity index (χ1v) is 9.80. The van der Waals surface area contributed by atoms with E-state index in [2.05, 4.69) is 10.4 Å². The molecule has 0 spiro atoms. The molecule has 144 valence electrons. The third-order valence-corrected chi connectivity index (χ3v) is 5.40. The highest BCUT2D eigenvalue weighted by Gasteiger charge is 2.16. The Balaban J connectivity index is 1.70. The molecule has 0 unspecified atom stereocenters. The van der Waals surface area contributed by atoms with Gasteiger partial charge in [0.25, 0.3) is 0 Å². The van der Waals surface area contributed by atoms with E-state index in [1.54, 1.807) is 22.9 Å². The van der Waals surface area contributed by atoms with Crippen molar-refractivity contribution in [2.24, 2.45) is 0 Å². The number of benzene rings is 1. The second kappa shape index (κ2) is 9.11. The van der Waals surface area contributed by atoms with Crippen LogP contribution in [0.4, 0.5) is 0 Å². The minimum Gasteiger partial charge on any atom is -0.381 e. The van der Waals surface area contributed by atoms with Gasteiger partial charge in [0.05, 0.1) is 12.2 Å². The molecular formula is C19H20Cl3N3O2. The maximum Gasteiger partial charge on any atom is 0.244 e. The van der Waals surface area contributed by atoms with Gasteiger partial charge in [-0.15, -0.1) is 0 Å².